The molecule has 3 aromatic rings. The maximum atomic E-state index is 13.1. The fraction of sp³-hybridized carbons (Fsp3) is 0.316. The van der Waals surface area contributed by atoms with Crippen LogP contribution >= 0.6 is 11.3 Å². The Hall–Kier alpha value is -2.47. The monoisotopic (exact) mass is 355 g/mol. The first-order valence-electron chi connectivity index (χ1n) is 8.42. The van der Waals surface area contributed by atoms with E-state index in [4.69, 9.17) is 10.7 Å². The predicted molar refractivity (Wildman–Crippen MR) is 101 cm³/mol. The van der Waals surface area contributed by atoms with E-state index in [9.17, 15) is 9.59 Å². The van der Waals surface area contributed by atoms with Crippen LogP contribution in [0.2, 0.25) is 0 Å². The zero-order chi connectivity index (χ0) is 18.0. The van der Waals surface area contributed by atoms with Gasteiger partial charge >= 0.3 is 0 Å². The highest BCUT2D eigenvalue weighted by atomic mass is 32.1. The molecule has 1 aromatic carbocycles. The van der Waals surface area contributed by atoms with Gasteiger partial charge in [-0.2, -0.15) is 0 Å². The van der Waals surface area contributed by atoms with Crippen molar-refractivity contribution in [2.45, 2.75) is 39.2 Å². The molecule has 6 heteroatoms. The summed E-state index contributed by atoms with van der Waals surface area (Å²) in [5, 5.41) is 0.568. The highest BCUT2D eigenvalue weighted by Gasteiger charge is 2.23. The van der Waals surface area contributed by atoms with Gasteiger partial charge in [-0.15, -0.1) is 11.3 Å². The molecule has 0 fully saturated rings. The van der Waals surface area contributed by atoms with E-state index in [1.54, 1.807) is 0 Å². The fourth-order valence-corrected chi connectivity index (χ4v) is 3.97. The number of benzene rings is 1. The molecule has 2 heterocycles. The van der Waals surface area contributed by atoms with Crippen molar-refractivity contribution in [2.75, 3.05) is 0 Å². The van der Waals surface area contributed by atoms with Gasteiger partial charge in [0.25, 0.3) is 5.56 Å². The van der Waals surface area contributed by atoms with Gasteiger partial charge in [-0.05, 0) is 24.5 Å². The molecule has 1 unspecified atom stereocenters. The van der Waals surface area contributed by atoms with E-state index in [0.717, 1.165) is 21.7 Å². The van der Waals surface area contributed by atoms with Crippen LogP contribution in [0.25, 0.3) is 10.2 Å². The van der Waals surface area contributed by atoms with E-state index in [2.05, 4.69) is 0 Å². The molecule has 3 rings (SSSR count). The SMILES string of the molecule is CCc1cc2c(=O)n(C(CC)C(N)=O)c(Cc3ccccc3)nc2s1. The smallest absolute Gasteiger partial charge is 0.263 e. The second-order valence-electron chi connectivity index (χ2n) is 5.98. The van der Waals surface area contributed by atoms with Crippen molar-refractivity contribution < 1.29 is 4.79 Å². The third-order valence-corrected chi connectivity index (χ3v) is 5.47. The molecule has 0 spiro atoms. The highest BCUT2D eigenvalue weighted by molar-refractivity contribution is 7.18. The summed E-state index contributed by atoms with van der Waals surface area (Å²) in [6.45, 7) is 3.90. The van der Waals surface area contributed by atoms with Crippen LogP contribution in [0.15, 0.2) is 41.2 Å². The molecule has 1 amide bonds. The molecule has 25 heavy (non-hydrogen) atoms. The summed E-state index contributed by atoms with van der Waals surface area (Å²) < 4.78 is 1.49. The topological polar surface area (TPSA) is 78.0 Å². The molecule has 0 bridgehead atoms. The minimum atomic E-state index is -0.687. The molecule has 0 aliphatic heterocycles. The van der Waals surface area contributed by atoms with Crippen molar-refractivity contribution >= 4 is 27.5 Å². The van der Waals surface area contributed by atoms with E-state index in [-0.39, 0.29) is 5.56 Å². The molecular weight excluding hydrogens is 334 g/mol. The Balaban J connectivity index is 2.24. The van der Waals surface area contributed by atoms with E-state index in [0.29, 0.717) is 24.1 Å². The number of hydrogen-bond acceptors (Lipinski definition) is 4. The van der Waals surface area contributed by atoms with Gasteiger partial charge in [-0.3, -0.25) is 14.2 Å². The zero-order valence-corrected chi connectivity index (χ0v) is 15.2. The molecule has 0 saturated heterocycles. The molecule has 0 aliphatic carbocycles. The number of carbonyl (C=O) groups excluding carboxylic acids is 1. The van der Waals surface area contributed by atoms with Crippen LogP contribution in [0.3, 0.4) is 0 Å². The molecule has 130 valence electrons. The number of rotatable bonds is 6. The predicted octanol–water partition coefficient (Wildman–Crippen LogP) is 3.05. The van der Waals surface area contributed by atoms with Crippen LogP contribution in [0, 0.1) is 0 Å². The van der Waals surface area contributed by atoms with Crippen molar-refractivity contribution in [3.63, 3.8) is 0 Å². The van der Waals surface area contributed by atoms with Gasteiger partial charge < -0.3 is 5.73 Å². The second-order valence-corrected chi connectivity index (χ2v) is 7.09. The average molecular weight is 355 g/mol. The molecule has 0 aliphatic rings. The number of aryl methyl sites for hydroxylation is 1. The van der Waals surface area contributed by atoms with Crippen LogP contribution in [-0.4, -0.2) is 15.5 Å². The number of primary amides is 1. The van der Waals surface area contributed by atoms with Crippen LogP contribution in [0.5, 0.6) is 0 Å². The minimum Gasteiger partial charge on any atom is -0.368 e. The van der Waals surface area contributed by atoms with Gasteiger partial charge in [0, 0.05) is 11.3 Å². The van der Waals surface area contributed by atoms with E-state index in [1.165, 1.54) is 15.9 Å². The Kier molecular flexibility index (Phi) is 4.99. The van der Waals surface area contributed by atoms with E-state index >= 15 is 0 Å². The molecule has 0 radical (unpaired) electrons. The Morgan fingerprint density at radius 1 is 1.28 bits per heavy atom. The summed E-state index contributed by atoms with van der Waals surface area (Å²) in [5.74, 6) is 0.0739. The molecule has 5 nitrogen and oxygen atoms in total. The molecule has 2 N–H and O–H groups in total. The Morgan fingerprint density at radius 3 is 2.60 bits per heavy atom. The van der Waals surface area contributed by atoms with Crippen molar-refractivity contribution in [3.8, 4) is 0 Å². The van der Waals surface area contributed by atoms with Gasteiger partial charge in [-0.25, -0.2) is 4.98 Å². The number of thiophene rings is 1. The quantitative estimate of drug-likeness (QED) is 0.738. The number of fused-ring (bicyclic) bond motifs is 1. The van der Waals surface area contributed by atoms with Crippen LogP contribution in [-0.2, 0) is 17.6 Å². The second kappa shape index (κ2) is 7.19. The van der Waals surface area contributed by atoms with Crippen LogP contribution < -0.4 is 11.3 Å². The van der Waals surface area contributed by atoms with E-state index in [1.807, 2.05) is 50.2 Å². The Labute approximate surface area is 150 Å². The Bertz CT molecular complexity index is 960. The van der Waals surface area contributed by atoms with Gasteiger partial charge in [0.1, 0.15) is 16.7 Å². The summed E-state index contributed by atoms with van der Waals surface area (Å²) in [6, 6.07) is 11.0. The number of carbonyl (C=O) groups is 1. The molecule has 1 atom stereocenters. The lowest BCUT2D eigenvalue weighted by Crippen LogP contribution is -2.36. The summed E-state index contributed by atoms with van der Waals surface area (Å²) in [5.41, 5.74) is 6.42. The summed E-state index contributed by atoms with van der Waals surface area (Å²) in [4.78, 5) is 31.6. The standard InChI is InChI=1S/C19H21N3O2S/c1-3-13-11-14-18(25-13)21-16(10-12-8-6-5-7-9-12)22(19(14)24)15(4-2)17(20)23/h5-9,11,15H,3-4,10H2,1-2H3,(H2,20,23). The van der Waals surface area contributed by atoms with Crippen molar-refractivity contribution in [3.05, 3.63) is 63.0 Å². The van der Waals surface area contributed by atoms with Crippen LogP contribution in [0.4, 0.5) is 0 Å². The zero-order valence-electron chi connectivity index (χ0n) is 14.4. The lowest BCUT2D eigenvalue weighted by atomic mass is 10.1. The maximum absolute atomic E-state index is 13.1. The van der Waals surface area contributed by atoms with E-state index < -0.39 is 11.9 Å². The minimum absolute atomic E-state index is 0.183. The summed E-state index contributed by atoms with van der Waals surface area (Å²) in [6.07, 6.45) is 1.78. The third kappa shape index (κ3) is 3.35. The normalized spacial score (nSPS) is 12.4. The summed E-state index contributed by atoms with van der Waals surface area (Å²) in [7, 11) is 0. The Morgan fingerprint density at radius 2 is 2.00 bits per heavy atom. The first-order valence-corrected chi connectivity index (χ1v) is 9.23. The van der Waals surface area contributed by atoms with Gasteiger partial charge in [0.15, 0.2) is 0 Å². The van der Waals surface area contributed by atoms with Gasteiger partial charge in [0.2, 0.25) is 5.91 Å². The molecular formula is C19H21N3O2S. The highest BCUT2D eigenvalue weighted by Crippen LogP contribution is 2.24. The first kappa shape index (κ1) is 17.4. The van der Waals surface area contributed by atoms with Gasteiger partial charge in [-0.1, -0.05) is 44.2 Å². The van der Waals surface area contributed by atoms with Crippen molar-refractivity contribution in [2.24, 2.45) is 5.73 Å². The van der Waals surface area contributed by atoms with Gasteiger partial charge in [0.05, 0.1) is 5.39 Å². The maximum Gasteiger partial charge on any atom is 0.263 e. The largest absolute Gasteiger partial charge is 0.368 e. The number of nitrogens with two attached hydrogens (primary N) is 1. The number of nitrogens with zero attached hydrogens (tertiary/aromatic N) is 2. The lowest BCUT2D eigenvalue weighted by Gasteiger charge is -2.19. The molecule has 2 aromatic heterocycles. The summed E-state index contributed by atoms with van der Waals surface area (Å²) >= 11 is 1.53. The molecule has 0 saturated carbocycles. The van der Waals surface area contributed by atoms with Crippen molar-refractivity contribution in [1.29, 1.82) is 0 Å². The average Bonchev–Trinajstić information content (AvgIpc) is 3.02. The number of aromatic nitrogens is 2. The first-order chi connectivity index (χ1) is 12.0. The number of amides is 1. The van der Waals surface area contributed by atoms with Crippen molar-refractivity contribution in [1.82, 2.24) is 9.55 Å². The fourth-order valence-electron chi connectivity index (χ4n) is 3.00. The lowest BCUT2D eigenvalue weighted by molar-refractivity contribution is -0.121. The van der Waals surface area contributed by atoms with Crippen LogP contribution in [0.1, 0.15) is 42.6 Å². The number of hydrogen-bond donors (Lipinski definition) is 1. The third-order valence-electron chi connectivity index (χ3n) is 4.30.